The molecular weight excluding hydrogens is 208 g/mol. The number of hydrogen-bond donors (Lipinski definition) is 2. The van der Waals surface area contributed by atoms with Gasteiger partial charge in [-0.2, -0.15) is 0 Å². The molecule has 1 heterocycles. The predicted octanol–water partition coefficient (Wildman–Crippen LogP) is 0.888. The molecule has 1 rings (SSSR count). The van der Waals surface area contributed by atoms with Crippen molar-refractivity contribution in [3.05, 3.63) is 0 Å². The fourth-order valence-corrected chi connectivity index (χ4v) is 1.64. The van der Waals surface area contributed by atoms with Gasteiger partial charge in [0.1, 0.15) is 5.60 Å². The monoisotopic (exact) mass is 230 g/mol. The van der Waals surface area contributed by atoms with Crippen LogP contribution in [0.3, 0.4) is 0 Å². The topological polar surface area (TPSA) is 59.6 Å². The summed E-state index contributed by atoms with van der Waals surface area (Å²) in [5.74, 6) is 0. The van der Waals surface area contributed by atoms with Crippen LogP contribution in [0.25, 0.3) is 0 Å². The zero-order valence-electron chi connectivity index (χ0n) is 10.5. The van der Waals surface area contributed by atoms with E-state index < -0.39 is 5.60 Å². The fraction of sp³-hybridized carbons (Fsp3) is 0.909. The number of ether oxygens (including phenoxy) is 2. The minimum absolute atomic E-state index is 0.255. The van der Waals surface area contributed by atoms with E-state index >= 15 is 0 Å². The summed E-state index contributed by atoms with van der Waals surface area (Å²) < 4.78 is 10.4. The van der Waals surface area contributed by atoms with Crippen molar-refractivity contribution in [2.45, 2.75) is 44.9 Å². The van der Waals surface area contributed by atoms with Crippen molar-refractivity contribution in [2.24, 2.45) is 0 Å². The lowest BCUT2D eigenvalue weighted by molar-refractivity contribution is 0.0521. The first-order valence-corrected chi connectivity index (χ1v) is 5.64. The molecule has 0 radical (unpaired) electrons. The number of methoxy groups -OCH3 is 1. The third-order valence-corrected chi connectivity index (χ3v) is 2.41. The van der Waals surface area contributed by atoms with Crippen LogP contribution in [0.5, 0.6) is 0 Å². The van der Waals surface area contributed by atoms with Crippen LogP contribution in [-0.4, -0.2) is 44.0 Å². The van der Waals surface area contributed by atoms with Crippen LogP contribution in [0.4, 0.5) is 4.79 Å². The zero-order chi connectivity index (χ0) is 12.2. The molecule has 0 aromatic heterocycles. The first kappa shape index (κ1) is 13.3. The largest absolute Gasteiger partial charge is 0.444 e. The Morgan fingerprint density at radius 1 is 1.50 bits per heavy atom. The van der Waals surface area contributed by atoms with E-state index in [0.29, 0.717) is 6.54 Å². The second kappa shape index (κ2) is 5.50. The quantitative estimate of drug-likeness (QED) is 0.756. The lowest BCUT2D eigenvalue weighted by Crippen LogP contribution is -2.39. The second-order valence-electron chi connectivity index (χ2n) is 5.08. The molecule has 2 atom stereocenters. The van der Waals surface area contributed by atoms with Crippen molar-refractivity contribution in [3.8, 4) is 0 Å². The number of rotatable bonds is 3. The van der Waals surface area contributed by atoms with Gasteiger partial charge in [0.2, 0.25) is 0 Å². The molecule has 0 aromatic rings. The minimum atomic E-state index is -0.442. The van der Waals surface area contributed by atoms with Crippen molar-refractivity contribution in [1.82, 2.24) is 10.6 Å². The Morgan fingerprint density at radius 2 is 2.19 bits per heavy atom. The molecule has 2 unspecified atom stereocenters. The molecule has 2 N–H and O–H groups in total. The van der Waals surface area contributed by atoms with E-state index in [4.69, 9.17) is 9.47 Å². The fourth-order valence-electron chi connectivity index (χ4n) is 1.64. The van der Waals surface area contributed by atoms with Crippen molar-refractivity contribution in [1.29, 1.82) is 0 Å². The molecule has 0 bridgehead atoms. The summed E-state index contributed by atoms with van der Waals surface area (Å²) >= 11 is 0. The maximum Gasteiger partial charge on any atom is 0.407 e. The first-order chi connectivity index (χ1) is 7.40. The minimum Gasteiger partial charge on any atom is -0.444 e. The average molecular weight is 230 g/mol. The molecule has 1 fully saturated rings. The van der Waals surface area contributed by atoms with E-state index in [-0.39, 0.29) is 18.2 Å². The molecule has 1 amide bonds. The van der Waals surface area contributed by atoms with Gasteiger partial charge in [0.25, 0.3) is 0 Å². The van der Waals surface area contributed by atoms with Gasteiger partial charge >= 0.3 is 6.09 Å². The number of nitrogens with one attached hydrogen (secondary N) is 2. The van der Waals surface area contributed by atoms with E-state index in [0.717, 1.165) is 13.0 Å². The van der Waals surface area contributed by atoms with Crippen LogP contribution in [0.1, 0.15) is 27.2 Å². The molecule has 94 valence electrons. The first-order valence-electron chi connectivity index (χ1n) is 5.64. The highest BCUT2D eigenvalue weighted by Gasteiger charge is 2.24. The Hall–Kier alpha value is -0.810. The van der Waals surface area contributed by atoms with E-state index in [1.807, 2.05) is 20.8 Å². The number of carbonyl (C=O) groups excluding carboxylic acids is 1. The molecule has 1 saturated heterocycles. The highest BCUT2D eigenvalue weighted by atomic mass is 16.6. The van der Waals surface area contributed by atoms with Gasteiger partial charge in [-0.05, 0) is 27.2 Å². The van der Waals surface area contributed by atoms with E-state index in [1.165, 1.54) is 0 Å². The highest BCUT2D eigenvalue weighted by Crippen LogP contribution is 2.09. The van der Waals surface area contributed by atoms with E-state index in [9.17, 15) is 4.79 Å². The maximum absolute atomic E-state index is 11.4. The third kappa shape index (κ3) is 4.81. The molecule has 0 aromatic carbocycles. The van der Waals surface area contributed by atoms with Gasteiger partial charge in [0.15, 0.2) is 0 Å². The van der Waals surface area contributed by atoms with Gasteiger partial charge < -0.3 is 20.1 Å². The van der Waals surface area contributed by atoms with Crippen LogP contribution in [0.15, 0.2) is 0 Å². The van der Waals surface area contributed by atoms with Crippen molar-refractivity contribution in [3.63, 3.8) is 0 Å². The van der Waals surface area contributed by atoms with Crippen LogP contribution >= 0.6 is 0 Å². The normalized spacial score (nSPS) is 25.5. The third-order valence-electron chi connectivity index (χ3n) is 2.41. The summed E-state index contributed by atoms with van der Waals surface area (Å²) in [5.41, 5.74) is -0.442. The summed E-state index contributed by atoms with van der Waals surface area (Å²) in [4.78, 5) is 11.4. The Kier molecular flexibility index (Phi) is 4.56. The maximum atomic E-state index is 11.4. The summed E-state index contributed by atoms with van der Waals surface area (Å²) in [5, 5.41) is 6.03. The van der Waals surface area contributed by atoms with Gasteiger partial charge in [-0.15, -0.1) is 0 Å². The highest BCUT2D eigenvalue weighted by molar-refractivity contribution is 5.67. The Bertz CT molecular complexity index is 238. The summed E-state index contributed by atoms with van der Waals surface area (Å²) in [7, 11) is 1.70. The van der Waals surface area contributed by atoms with Crippen molar-refractivity contribution in [2.75, 3.05) is 20.2 Å². The number of hydrogen-bond acceptors (Lipinski definition) is 4. The molecule has 1 aliphatic rings. The molecular formula is C11H22N2O3. The van der Waals surface area contributed by atoms with Crippen LogP contribution in [0.2, 0.25) is 0 Å². The zero-order valence-corrected chi connectivity index (χ0v) is 10.5. The Balaban J connectivity index is 2.18. The van der Waals surface area contributed by atoms with Gasteiger partial charge in [-0.3, -0.25) is 0 Å². The van der Waals surface area contributed by atoms with Gasteiger partial charge in [0.05, 0.1) is 6.10 Å². The standard InChI is InChI=1S/C11H22N2O3/c1-11(2,3)16-10(14)13-6-8-5-9(15-4)7-12-8/h8-9,12H,5-7H2,1-4H3,(H,13,14). The summed E-state index contributed by atoms with van der Waals surface area (Å²) in [6.45, 7) is 6.97. The summed E-state index contributed by atoms with van der Waals surface area (Å²) in [6.07, 6.45) is 0.812. The SMILES string of the molecule is COC1CNC(CNC(=O)OC(C)(C)C)C1. The van der Waals surface area contributed by atoms with Gasteiger partial charge in [-0.25, -0.2) is 4.79 Å². The number of carbonyl (C=O) groups is 1. The van der Waals surface area contributed by atoms with Gasteiger partial charge in [-0.1, -0.05) is 0 Å². The second-order valence-corrected chi connectivity index (χ2v) is 5.08. The van der Waals surface area contributed by atoms with Crippen LogP contribution in [-0.2, 0) is 9.47 Å². The van der Waals surface area contributed by atoms with E-state index in [2.05, 4.69) is 10.6 Å². The number of alkyl carbamates (subject to hydrolysis) is 1. The van der Waals surface area contributed by atoms with Crippen molar-refractivity contribution >= 4 is 6.09 Å². The predicted molar refractivity (Wildman–Crippen MR) is 61.4 cm³/mol. The molecule has 5 nitrogen and oxygen atoms in total. The molecule has 1 aliphatic heterocycles. The van der Waals surface area contributed by atoms with Gasteiger partial charge in [0, 0.05) is 26.2 Å². The molecule has 0 saturated carbocycles. The summed E-state index contributed by atoms with van der Waals surface area (Å²) in [6, 6.07) is 0.275. The molecule has 5 heteroatoms. The van der Waals surface area contributed by atoms with Crippen LogP contribution in [0, 0.1) is 0 Å². The Labute approximate surface area is 96.9 Å². The Morgan fingerprint density at radius 3 is 2.69 bits per heavy atom. The van der Waals surface area contributed by atoms with E-state index in [1.54, 1.807) is 7.11 Å². The van der Waals surface area contributed by atoms with Crippen LogP contribution < -0.4 is 10.6 Å². The van der Waals surface area contributed by atoms with Crippen molar-refractivity contribution < 1.29 is 14.3 Å². The number of amides is 1. The smallest absolute Gasteiger partial charge is 0.407 e. The average Bonchev–Trinajstić information content (AvgIpc) is 2.59. The molecule has 0 spiro atoms. The lowest BCUT2D eigenvalue weighted by Gasteiger charge is -2.20. The lowest BCUT2D eigenvalue weighted by atomic mass is 10.2. The molecule has 0 aliphatic carbocycles. The molecule has 16 heavy (non-hydrogen) atoms.